The van der Waals surface area contributed by atoms with Gasteiger partial charge in [-0.25, -0.2) is 18.1 Å². The summed E-state index contributed by atoms with van der Waals surface area (Å²) in [7, 11) is -1.63. The van der Waals surface area contributed by atoms with Crippen molar-refractivity contribution in [1.82, 2.24) is 14.6 Å². The highest BCUT2D eigenvalue weighted by Crippen LogP contribution is 2.20. The zero-order valence-electron chi connectivity index (χ0n) is 13.8. The summed E-state index contributed by atoms with van der Waals surface area (Å²) in [5, 5.41) is 0. The number of hydrogen-bond acceptors (Lipinski definition) is 5. The summed E-state index contributed by atoms with van der Waals surface area (Å²) in [6, 6.07) is 5.96. The van der Waals surface area contributed by atoms with Gasteiger partial charge in [0, 0.05) is 31.9 Å². The number of hydrogen-bond donors (Lipinski definition) is 1. The van der Waals surface area contributed by atoms with E-state index in [4.69, 9.17) is 0 Å². The Balaban J connectivity index is 1.98. The van der Waals surface area contributed by atoms with Gasteiger partial charge < -0.3 is 9.80 Å². The molecule has 1 N–H and O–H groups in total. The molecule has 0 spiro atoms. The Kier molecular flexibility index (Phi) is 5.59. The standard InChI is InChI=1S/C15H24N4O3S/c1-12-6-4-8-14(17-12)19-9-5-7-13(11-19)18(2)15(20)10-16-23(3,21)22/h4,6,8,13,16H,5,7,9-11H2,1-3H3/t13-/m1/s1. The van der Waals surface area contributed by atoms with Crippen molar-refractivity contribution in [2.45, 2.75) is 25.8 Å². The molecule has 0 bridgehead atoms. The number of carbonyl (C=O) groups is 1. The van der Waals surface area contributed by atoms with E-state index in [1.807, 2.05) is 25.1 Å². The molecule has 1 aromatic heterocycles. The summed E-state index contributed by atoms with van der Waals surface area (Å²) >= 11 is 0. The van der Waals surface area contributed by atoms with Crippen LogP contribution in [-0.4, -0.2) is 63.2 Å². The van der Waals surface area contributed by atoms with Gasteiger partial charge in [-0.05, 0) is 31.9 Å². The quantitative estimate of drug-likeness (QED) is 0.837. The van der Waals surface area contributed by atoms with Crippen molar-refractivity contribution >= 4 is 21.7 Å². The number of sulfonamides is 1. The van der Waals surface area contributed by atoms with Gasteiger partial charge in [0.2, 0.25) is 15.9 Å². The van der Waals surface area contributed by atoms with Crippen LogP contribution in [0.3, 0.4) is 0 Å². The van der Waals surface area contributed by atoms with E-state index in [9.17, 15) is 13.2 Å². The van der Waals surface area contributed by atoms with E-state index in [-0.39, 0.29) is 18.5 Å². The van der Waals surface area contributed by atoms with Crippen LogP contribution in [0.4, 0.5) is 5.82 Å². The lowest BCUT2D eigenvalue weighted by atomic mass is 10.0. The second-order valence-corrected chi connectivity index (χ2v) is 7.81. The number of amides is 1. The molecule has 128 valence electrons. The molecule has 0 saturated carbocycles. The number of carbonyl (C=O) groups excluding carboxylic acids is 1. The van der Waals surface area contributed by atoms with Gasteiger partial charge in [-0.3, -0.25) is 4.79 Å². The van der Waals surface area contributed by atoms with Crippen LogP contribution in [0.2, 0.25) is 0 Å². The van der Waals surface area contributed by atoms with Gasteiger partial charge in [-0.1, -0.05) is 6.07 Å². The Morgan fingerprint density at radius 3 is 2.87 bits per heavy atom. The number of nitrogens with zero attached hydrogens (tertiary/aromatic N) is 3. The Bertz CT molecular complexity index is 662. The van der Waals surface area contributed by atoms with Crippen molar-refractivity contribution < 1.29 is 13.2 Å². The summed E-state index contributed by atoms with van der Waals surface area (Å²) in [5.41, 5.74) is 0.964. The van der Waals surface area contributed by atoms with Crippen molar-refractivity contribution in [2.24, 2.45) is 0 Å². The third-order valence-electron chi connectivity index (χ3n) is 4.02. The Morgan fingerprint density at radius 2 is 2.22 bits per heavy atom. The summed E-state index contributed by atoms with van der Waals surface area (Å²) < 4.78 is 24.5. The molecule has 1 atom stereocenters. The van der Waals surface area contributed by atoms with Crippen molar-refractivity contribution in [2.75, 3.05) is 37.8 Å². The molecule has 23 heavy (non-hydrogen) atoms. The molecule has 1 amide bonds. The average molecular weight is 340 g/mol. The van der Waals surface area contributed by atoms with Gasteiger partial charge in [-0.15, -0.1) is 0 Å². The van der Waals surface area contributed by atoms with Crippen LogP contribution >= 0.6 is 0 Å². The van der Waals surface area contributed by atoms with Crippen molar-refractivity contribution in [3.05, 3.63) is 23.9 Å². The van der Waals surface area contributed by atoms with E-state index in [2.05, 4.69) is 14.6 Å². The smallest absolute Gasteiger partial charge is 0.237 e. The zero-order valence-corrected chi connectivity index (χ0v) is 14.6. The SMILES string of the molecule is Cc1cccc(N2CCC[C@@H](N(C)C(=O)CNS(C)(=O)=O)C2)n1. The number of aromatic nitrogens is 1. The van der Waals surface area contributed by atoms with E-state index in [1.54, 1.807) is 11.9 Å². The van der Waals surface area contributed by atoms with Crippen molar-refractivity contribution in [3.8, 4) is 0 Å². The second-order valence-electron chi connectivity index (χ2n) is 5.98. The van der Waals surface area contributed by atoms with Crippen LogP contribution in [0, 0.1) is 6.92 Å². The highest BCUT2D eigenvalue weighted by Gasteiger charge is 2.27. The fraction of sp³-hybridized carbons (Fsp3) is 0.600. The minimum Gasteiger partial charge on any atom is -0.355 e. The minimum atomic E-state index is -3.36. The normalized spacial score (nSPS) is 18.7. The maximum Gasteiger partial charge on any atom is 0.237 e. The molecular formula is C15H24N4O3S. The van der Waals surface area contributed by atoms with Crippen LogP contribution < -0.4 is 9.62 Å². The van der Waals surface area contributed by atoms with Crippen LogP contribution in [0.5, 0.6) is 0 Å². The Hall–Kier alpha value is -1.67. The Morgan fingerprint density at radius 1 is 1.48 bits per heavy atom. The molecule has 0 unspecified atom stereocenters. The molecule has 0 radical (unpaired) electrons. The second kappa shape index (κ2) is 7.27. The number of nitrogens with one attached hydrogen (secondary N) is 1. The monoisotopic (exact) mass is 340 g/mol. The maximum absolute atomic E-state index is 12.2. The largest absolute Gasteiger partial charge is 0.355 e. The molecule has 1 fully saturated rings. The molecule has 1 aliphatic heterocycles. The summed E-state index contributed by atoms with van der Waals surface area (Å²) in [4.78, 5) is 20.5. The first-order valence-corrected chi connectivity index (χ1v) is 9.54. The van der Waals surface area contributed by atoms with Crippen LogP contribution in [0.1, 0.15) is 18.5 Å². The number of aryl methyl sites for hydroxylation is 1. The van der Waals surface area contributed by atoms with E-state index < -0.39 is 10.0 Å². The number of likely N-dealkylation sites (N-methyl/N-ethyl adjacent to an activating group) is 1. The van der Waals surface area contributed by atoms with Gasteiger partial charge in [0.25, 0.3) is 0 Å². The molecular weight excluding hydrogens is 316 g/mol. The molecule has 0 aromatic carbocycles. The molecule has 8 heteroatoms. The lowest BCUT2D eigenvalue weighted by Crippen LogP contribution is -2.51. The molecule has 1 saturated heterocycles. The van der Waals surface area contributed by atoms with Gasteiger partial charge in [0.15, 0.2) is 0 Å². The third kappa shape index (κ3) is 5.18. The van der Waals surface area contributed by atoms with Gasteiger partial charge in [-0.2, -0.15) is 0 Å². The zero-order chi connectivity index (χ0) is 17.0. The van der Waals surface area contributed by atoms with Crippen LogP contribution in [-0.2, 0) is 14.8 Å². The van der Waals surface area contributed by atoms with E-state index in [0.717, 1.165) is 37.2 Å². The predicted molar refractivity (Wildman–Crippen MR) is 89.8 cm³/mol. The van der Waals surface area contributed by atoms with Crippen LogP contribution in [0.25, 0.3) is 0 Å². The van der Waals surface area contributed by atoms with E-state index in [0.29, 0.717) is 6.54 Å². The molecule has 2 rings (SSSR count). The number of piperidine rings is 1. The molecule has 7 nitrogen and oxygen atoms in total. The van der Waals surface area contributed by atoms with Crippen molar-refractivity contribution in [3.63, 3.8) is 0 Å². The predicted octanol–water partition coefficient (Wildman–Crippen LogP) is 0.366. The molecule has 1 aromatic rings. The summed E-state index contributed by atoms with van der Waals surface area (Å²) in [6.45, 7) is 3.38. The van der Waals surface area contributed by atoms with Crippen molar-refractivity contribution in [1.29, 1.82) is 0 Å². The maximum atomic E-state index is 12.2. The minimum absolute atomic E-state index is 0.0555. The Labute approximate surface area is 137 Å². The highest BCUT2D eigenvalue weighted by molar-refractivity contribution is 7.88. The topological polar surface area (TPSA) is 82.6 Å². The first-order chi connectivity index (χ1) is 10.8. The van der Waals surface area contributed by atoms with Crippen LogP contribution in [0.15, 0.2) is 18.2 Å². The fourth-order valence-electron chi connectivity index (χ4n) is 2.70. The van der Waals surface area contributed by atoms with Gasteiger partial charge in [0.05, 0.1) is 12.8 Å². The lowest BCUT2D eigenvalue weighted by Gasteiger charge is -2.38. The summed E-state index contributed by atoms with van der Waals surface area (Å²) in [6.07, 6.45) is 2.92. The van der Waals surface area contributed by atoms with E-state index >= 15 is 0 Å². The van der Waals surface area contributed by atoms with E-state index in [1.165, 1.54) is 0 Å². The average Bonchev–Trinajstić information content (AvgIpc) is 2.51. The summed E-state index contributed by atoms with van der Waals surface area (Å²) in [5.74, 6) is 0.698. The third-order valence-corrected chi connectivity index (χ3v) is 4.69. The lowest BCUT2D eigenvalue weighted by molar-refractivity contribution is -0.130. The number of anilines is 1. The van der Waals surface area contributed by atoms with Gasteiger partial charge in [0.1, 0.15) is 5.82 Å². The molecule has 2 heterocycles. The number of pyridine rings is 1. The first kappa shape index (κ1) is 17.7. The molecule has 0 aliphatic carbocycles. The highest BCUT2D eigenvalue weighted by atomic mass is 32.2. The fourth-order valence-corrected chi connectivity index (χ4v) is 3.09. The first-order valence-electron chi connectivity index (χ1n) is 7.65. The molecule has 1 aliphatic rings. The number of rotatable bonds is 5. The van der Waals surface area contributed by atoms with Gasteiger partial charge >= 0.3 is 0 Å².